The van der Waals surface area contributed by atoms with Crippen molar-refractivity contribution < 1.29 is 27.9 Å². The molecule has 2 aromatic carbocycles. The third-order valence-electron chi connectivity index (χ3n) is 7.74. The second kappa shape index (κ2) is 11.6. The first kappa shape index (κ1) is 27.5. The molecular weight excluding hydrogens is 518 g/mol. The smallest absolute Gasteiger partial charge is 0.295 e. The number of ketones is 1. The van der Waals surface area contributed by atoms with Crippen molar-refractivity contribution in [2.24, 2.45) is 0 Å². The van der Waals surface area contributed by atoms with Gasteiger partial charge in [0, 0.05) is 44.8 Å². The first-order chi connectivity index (χ1) is 18.8. The number of morpholine rings is 1. The van der Waals surface area contributed by atoms with Gasteiger partial charge in [-0.2, -0.15) is 4.31 Å². The van der Waals surface area contributed by atoms with Crippen LogP contribution in [0.4, 0.5) is 0 Å². The standard InChI is InChI=1S/C29H35N3O6S/c1-21-5-7-22(8-6-21)26-25(28(34)29(35)32(26)16-4-13-30-17-19-38-20-18-30)27(33)23-9-11-24(12-10-23)39(36,37)31-14-2-3-15-31/h5-12,26,33H,2-4,13-20H2,1H3/t26-/m1/s1. The lowest BCUT2D eigenvalue weighted by Crippen LogP contribution is -2.38. The minimum Gasteiger partial charge on any atom is -0.507 e. The fourth-order valence-corrected chi connectivity index (χ4v) is 7.03. The third-order valence-corrected chi connectivity index (χ3v) is 9.65. The Morgan fingerprint density at radius 2 is 1.56 bits per heavy atom. The Morgan fingerprint density at radius 3 is 2.21 bits per heavy atom. The van der Waals surface area contributed by atoms with Crippen LogP contribution in [0.1, 0.15) is 42.0 Å². The van der Waals surface area contributed by atoms with E-state index in [1.54, 1.807) is 4.90 Å². The number of sulfonamides is 1. The second-order valence-electron chi connectivity index (χ2n) is 10.3. The molecule has 2 aromatic rings. The maximum atomic E-state index is 13.3. The van der Waals surface area contributed by atoms with Crippen LogP contribution in [0.2, 0.25) is 0 Å². The maximum Gasteiger partial charge on any atom is 0.295 e. The van der Waals surface area contributed by atoms with Gasteiger partial charge < -0.3 is 14.7 Å². The summed E-state index contributed by atoms with van der Waals surface area (Å²) in [5.41, 5.74) is 2.09. The van der Waals surface area contributed by atoms with Crippen LogP contribution >= 0.6 is 0 Å². The summed E-state index contributed by atoms with van der Waals surface area (Å²) in [6, 6.07) is 12.7. The fourth-order valence-electron chi connectivity index (χ4n) is 5.51. The molecule has 1 amide bonds. The van der Waals surface area contributed by atoms with Crippen molar-refractivity contribution >= 4 is 27.5 Å². The Hall–Kier alpha value is -3.05. The predicted octanol–water partition coefficient (Wildman–Crippen LogP) is 2.92. The summed E-state index contributed by atoms with van der Waals surface area (Å²) in [5.74, 6) is -1.68. The number of nitrogens with zero attached hydrogens (tertiary/aromatic N) is 3. The molecule has 3 aliphatic rings. The monoisotopic (exact) mass is 553 g/mol. The zero-order valence-electron chi connectivity index (χ0n) is 22.2. The molecule has 0 aromatic heterocycles. The highest BCUT2D eigenvalue weighted by molar-refractivity contribution is 7.89. The number of carbonyl (C=O) groups excluding carboxylic acids is 2. The number of carbonyl (C=O) groups is 2. The minimum absolute atomic E-state index is 0.0189. The molecule has 3 heterocycles. The molecule has 208 valence electrons. The molecule has 10 heteroatoms. The van der Waals surface area contributed by atoms with E-state index in [-0.39, 0.29) is 16.2 Å². The van der Waals surface area contributed by atoms with Crippen LogP contribution in [0.15, 0.2) is 59.0 Å². The van der Waals surface area contributed by atoms with Crippen molar-refractivity contribution in [2.45, 2.75) is 37.1 Å². The lowest BCUT2D eigenvalue weighted by Gasteiger charge is -2.29. The van der Waals surface area contributed by atoms with Gasteiger partial charge in [0.2, 0.25) is 10.0 Å². The fraction of sp³-hybridized carbons (Fsp3) is 0.448. The minimum atomic E-state index is -3.61. The number of rotatable bonds is 8. The van der Waals surface area contributed by atoms with Crippen LogP contribution in [-0.4, -0.2) is 91.8 Å². The normalized spacial score (nSPS) is 22.6. The number of aryl methyl sites for hydroxylation is 1. The number of Topliss-reactive ketones (excluding diaryl/α,β-unsaturated/α-hetero) is 1. The molecule has 0 radical (unpaired) electrons. The van der Waals surface area contributed by atoms with Gasteiger partial charge in [0.15, 0.2) is 0 Å². The van der Waals surface area contributed by atoms with Gasteiger partial charge in [0.25, 0.3) is 11.7 Å². The molecule has 0 saturated carbocycles. The number of ether oxygens (including phenoxy) is 1. The number of hydrogen-bond donors (Lipinski definition) is 1. The van der Waals surface area contributed by atoms with Crippen molar-refractivity contribution in [3.8, 4) is 0 Å². The first-order valence-corrected chi connectivity index (χ1v) is 15.0. The van der Waals surface area contributed by atoms with Crippen LogP contribution in [0, 0.1) is 6.92 Å². The van der Waals surface area contributed by atoms with E-state index in [4.69, 9.17) is 4.74 Å². The summed E-state index contributed by atoms with van der Waals surface area (Å²) >= 11 is 0. The van der Waals surface area contributed by atoms with E-state index in [0.29, 0.717) is 44.8 Å². The molecule has 5 rings (SSSR count). The van der Waals surface area contributed by atoms with E-state index >= 15 is 0 Å². The Kier molecular flexibility index (Phi) is 8.18. The molecule has 3 fully saturated rings. The molecule has 1 atom stereocenters. The summed E-state index contributed by atoms with van der Waals surface area (Å²) in [5, 5.41) is 11.3. The Labute approximate surface area is 229 Å². The molecule has 9 nitrogen and oxygen atoms in total. The highest BCUT2D eigenvalue weighted by atomic mass is 32.2. The molecule has 0 aliphatic carbocycles. The first-order valence-electron chi connectivity index (χ1n) is 13.5. The number of aliphatic hydroxyl groups excluding tert-OH is 1. The average Bonchev–Trinajstić information content (AvgIpc) is 3.58. The molecular formula is C29H35N3O6S. The van der Waals surface area contributed by atoms with Gasteiger partial charge in [-0.15, -0.1) is 0 Å². The maximum absolute atomic E-state index is 13.3. The topological polar surface area (TPSA) is 107 Å². The van der Waals surface area contributed by atoms with Crippen LogP contribution < -0.4 is 0 Å². The van der Waals surface area contributed by atoms with Crippen LogP contribution in [-0.2, 0) is 24.3 Å². The van der Waals surface area contributed by atoms with Gasteiger partial charge in [0.05, 0.1) is 29.7 Å². The van der Waals surface area contributed by atoms with E-state index in [1.165, 1.54) is 28.6 Å². The molecule has 1 N–H and O–H groups in total. The molecule has 0 spiro atoms. The average molecular weight is 554 g/mol. The zero-order chi connectivity index (χ0) is 27.6. The SMILES string of the molecule is Cc1ccc([C@@H]2C(=C(O)c3ccc(S(=O)(=O)N4CCCC4)cc3)C(=O)C(=O)N2CCCN2CCOCC2)cc1. The summed E-state index contributed by atoms with van der Waals surface area (Å²) in [6.07, 6.45) is 2.35. The van der Waals surface area contributed by atoms with Gasteiger partial charge in [0.1, 0.15) is 5.76 Å². The Balaban J connectivity index is 1.45. The molecule has 0 bridgehead atoms. The molecule has 3 saturated heterocycles. The number of hydrogen-bond acceptors (Lipinski definition) is 7. The van der Waals surface area contributed by atoms with Crippen molar-refractivity contribution in [1.82, 2.24) is 14.1 Å². The molecule has 3 aliphatic heterocycles. The van der Waals surface area contributed by atoms with E-state index in [9.17, 15) is 23.1 Å². The molecule has 0 unspecified atom stereocenters. The van der Waals surface area contributed by atoms with Crippen molar-refractivity contribution in [1.29, 1.82) is 0 Å². The second-order valence-corrected chi connectivity index (χ2v) is 12.3. The van der Waals surface area contributed by atoms with Crippen LogP contribution in [0.3, 0.4) is 0 Å². The Bertz CT molecular complexity index is 1340. The van der Waals surface area contributed by atoms with E-state index < -0.39 is 27.8 Å². The van der Waals surface area contributed by atoms with Gasteiger partial charge in [-0.1, -0.05) is 29.8 Å². The Morgan fingerprint density at radius 1 is 0.923 bits per heavy atom. The predicted molar refractivity (Wildman–Crippen MR) is 146 cm³/mol. The summed E-state index contributed by atoms with van der Waals surface area (Å²) in [6.45, 7) is 7.14. The van der Waals surface area contributed by atoms with Gasteiger partial charge >= 0.3 is 0 Å². The summed E-state index contributed by atoms with van der Waals surface area (Å²) in [7, 11) is -3.61. The summed E-state index contributed by atoms with van der Waals surface area (Å²) in [4.78, 5) is 30.5. The number of aliphatic hydroxyl groups is 1. The highest BCUT2D eigenvalue weighted by Crippen LogP contribution is 2.39. The number of benzene rings is 2. The number of likely N-dealkylation sites (tertiary alicyclic amines) is 1. The van der Waals surface area contributed by atoms with Crippen LogP contribution in [0.5, 0.6) is 0 Å². The molecule has 39 heavy (non-hydrogen) atoms. The van der Waals surface area contributed by atoms with Crippen molar-refractivity contribution in [2.75, 3.05) is 52.5 Å². The van der Waals surface area contributed by atoms with Gasteiger partial charge in [-0.05, 0) is 56.0 Å². The van der Waals surface area contributed by atoms with Gasteiger partial charge in [-0.3, -0.25) is 14.5 Å². The highest BCUT2D eigenvalue weighted by Gasteiger charge is 2.45. The van der Waals surface area contributed by atoms with E-state index in [0.717, 1.165) is 43.6 Å². The van der Waals surface area contributed by atoms with E-state index in [1.807, 2.05) is 31.2 Å². The largest absolute Gasteiger partial charge is 0.507 e. The van der Waals surface area contributed by atoms with Crippen molar-refractivity contribution in [3.63, 3.8) is 0 Å². The van der Waals surface area contributed by atoms with E-state index in [2.05, 4.69) is 4.90 Å². The third kappa shape index (κ3) is 5.65. The van der Waals surface area contributed by atoms with Crippen molar-refractivity contribution in [3.05, 3.63) is 70.8 Å². The quantitative estimate of drug-likeness (QED) is 0.304. The summed E-state index contributed by atoms with van der Waals surface area (Å²) < 4.78 is 32.7. The van der Waals surface area contributed by atoms with Gasteiger partial charge in [-0.25, -0.2) is 8.42 Å². The lowest BCUT2D eigenvalue weighted by molar-refractivity contribution is -0.140. The van der Waals surface area contributed by atoms with Crippen LogP contribution in [0.25, 0.3) is 5.76 Å². The lowest BCUT2D eigenvalue weighted by atomic mass is 9.94. The number of amides is 1. The zero-order valence-corrected chi connectivity index (χ0v) is 23.0.